The predicted octanol–water partition coefficient (Wildman–Crippen LogP) is 4.36. The first-order valence-corrected chi connectivity index (χ1v) is 7.33. The summed E-state index contributed by atoms with van der Waals surface area (Å²) in [6, 6.07) is 9.46. The van der Waals surface area contributed by atoms with E-state index in [1.54, 1.807) is 11.3 Å². The molecule has 1 N–H and O–H groups in total. The Morgan fingerprint density at radius 1 is 1.29 bits per heavy atom. The molecule has 2 aromatic heterocycles. The molecule has 0 saturated heterocycles. The van der Waals surface area contributed by atoms with Crippen LogP contribution in [-0.2, 0) is 6.42 Å². The van der Waals surface area contributed by atoms with Crippen LogP contribution in [0.1, 0.15) is 22.2 Å². The van der Waals surface area contributed by atoms with Crippen LogP contribution in [0.5, 0.6) is 0 Å². The molecule has 0 aliphatic rings. The Morgan fingerprint density at radius 2 is 2.10 bits per heavy atom. The van der Waals surface area contributed by atoms with E-state index in [9.17, 15) is 14.3 Å². The van der Waals surface area contributed by atoms with Crippen LogP contribution in [-0.4, -0.2) is 16.1 Å². The SMILES string of the molecule is CCc1ccc(-c2cc(C(=O)O)c3cc(F)ccc3n2)s1. The molecule has 0 unspecified atom stereocenters. The monoisotopic (exact) mass is 301 g/mol. The van der Waals surface area contributed by atoms with Crippen LogP contribution < -0.4 is 0 Å². The van der Waals surface area contributed by atoms with Crippen molar-refractivity contribution in [1.29, 1.82) is 0 Å². The third kappa shape index (κ3) is 2.52. The van der Waals surface area contributed by atoms with Gasteiger partial charge in [0.15, 0.2) is 0 Å². The van der Waals surface area contributed by atoms with Crippen LogP contribution in [0, 0.1) is 5.82 Å². The third-order valence-electron chi connectivity index (χ3n) is 3.26. The molecule has 0 spiro atoms. The smallest absolute Gasteiger partial charge is 0.336 e. The van der Waals surface area contributed by atoms with Crippen LogP contribution in [0.15, 0.2) is 36.4 Å². The van der Waals surface area contributed by atoms with Crippen LogP contribution in [0.3, 0.4) is 0 Å². The van der Waals surface area contributed by atoms with E-state index in [0.717, 1.165) is 11.3 Å². The number of aryl methyl sites for hydroxylation is 1. The van der Waals surface area contributed by atoms with Gasteiger partial charge in [0.1, 0.15) is 5.82 Å². The van der Waals surface area contributed by atoms with Crippen molar-refractivity contribution in [1.82, 2.24) is 4.98 Å². The molecule has 5 heteroatoms. The lowest BCUT2D eigenvalue weighted by Crippen LogP contribution is -2.00. The number of aromatic nitrogens is 1. The van der Waals surface area contributed by atoms with Crippen molar-refractivity contribution in [3.8, 4) is 10.6 Å². The normalized spacial score (nSPS) is 11.0. The maximum atomic E-state index is 13.3. The van der Waals surface area contributed by atoms with Gasteiger partial charge in [-0.25, -0.2) is 14.2 Å². The number of halogens is 1. The van der Waals surface area contributed by atoms with E-state index in [0.29, 0.717) is 16.6 Å². The summed E-state index contributed by atoms with van der Waals surface area (Å²) in [7, 11) is 0. The van der Waals surface area contributed by atoms with E-state index in [-0.39, 0.29) is 5.56 Å². The number of fused-ring (bicyclic) bond motifs is 1. The van der Waals surface area contributed by atoms with Gasteiger partial charge < -0.3 is 5.11 Å². The van der Waals surface area contributed by atoms with Crippen LogP contribution in [0.25, 0.3) is 21.5 Å². The number of hydrogen-bond acceptors (Lipinski definition) is 3. The molecule has 0 radical (unpaired) electrons. The zero-order valence-corrected chi connectivity index (χ0v) is 12.1. The molecule has 3 nitrogen and oxygen atoms in total. The second kappa shape index (κ2) is 5.26. The average molecular weight is 301 g/mol. The highest BCUT2D eigenvalue weighted by Gasteiger charge is 2.14. The molecule has 2 heterocycles. The highest BCUT2D eigenvalue weighted by Crippen LogP contribution is 2.30. The molecule has 0 fully saturated rings. The van der Waals surface area contributed by atoms with Crippen molar-refractivity contribution >= 4 is 28.2 Å². The summed E-state index contributed by atoms with van der Waals surface area (Å²) < 4.78 is 13.3. The lowest BCUT2D eigenvalue weighted by Gasteiger charge is -2.05. The minimum absolute atomic E-state index is 0.0703. The highest BCUT2D eigenvalue weighted by molar-refractivity contribution is 7.15. The van der Waals surface area contributed by atoms with Gasteiger partial charge in [-0.1, -0.05) is 6.92 Å². The van der Waals surface area contributed by atoms with Crippen molar-refractivity contribution in [2.24, 2.45) is 0 Å². The number of carbonyl (C=O) groups is 1. The van der Waals surface area contributed by atoms with Gasteiger partial charge in [0.25, 0.3) is 0 Å². The van der Waals surface area contributed by atoms with Gasteiger partial charge in [-0.3, -0.25) is 0 Å². The summed E-state index contributed by atoms with van der Waals surface area (Å²) in [4.78, 5) is 18.0. The fourth-order valence-corrected chi connectivity index (χ4v) is 3.11. The van der Waals surface area contributed by atoms with Crippen LogP contribution in [0.4, 0.5) is 4.39 Å². The number of aromatic carboxylic acids is 1. The summed E-state index contributed by atoms with van der Waals surface area (Å²) >= 11 is 1.59. The number of carboxylic acid groups (broad SMARTS) is 1. The molecule has 21 heavy (non-hydrogen) atoms. The Kier molecular flexibility index (Phi) is 3.43. The summed E-state index contributed by atoms with van der Waals surface area (Å²) in [5, 5.41) is 9.67. The topological polar surface area (TPSA) is 50.2 Å². The fraction of sp³-hybridized carbons (Fsp3) is 0.125. The van der Waals surface area contributed by atoms with Gasteiger partial charge in [0, 0.05) is 10.3 Å². The Bertz CT molecular complexity index is 841. The molecule has 1 aromatic carbocycles. The number of nitrogens with zero attached hydrogens (tertiary/aromatic N) is 1. The van der Waals surface area contributed by atoms with Crippen LogP contribution >= 0.6 is 11.3 Å². The molecule has 0 saturated carbocycles. The molecule has 106 valence electrons. The summed E-state index contributed by atoms with van der Waals surface area (Å²) in [6.07, 6.45) is 0.926. The van der Waals surface area contributed by atoms with E-state index in [1.807, 2.05) is 12.1 Å². The van der Waals surface area contributed by atoms with Gasteiger partial charge in [0.2, 0.25) is 0 Å². The quantitative estimate of drug-likeness (QED) is 0.782. The van der Waals surface area contributed by atoms with Crippen molar-refractivity contribution in [2.45, 2.75) is 13.3 Å². The second-order valence-electron chi connectivity index (χ2n) is 4.64. The highest BCUT2D eigenvalue weighted by atomic mass is 32.1. The maximum absolute atomic E-state index is 13.3. The predicted molar refractivity (Wildman–Crippen MR) is 81.4 cm³/mol. The number of carboxylic acids is 1. The average Bonchev–Trinajstić information content (AvgIpc) is 2.95. The molecular formula is C16H12FNO2S. The standard InChI is InChI=1S/C16H12FNO2S/c1-2-10-4-6-15(21-10)14-8-12(16(19)20)11-7-9(17)3-5-13(11)18-14/h3-8H,2H2,1H3,(H,19,20). The first-order valence-electron chi connectivity index (χ1n) is 6.51. The number of thiophene rings is 1. The van der Waals surface area contributed by atoms with Crippen molar-refractivity contribution < 1.29 is 14.3 Å². The molecule has 0 amide bonds. The van der Waals surface area contributed by atoms with Crippen molar-refractivity contribution in [3.63, 3.8) is 0 Å². The molecule has 0 atom stereocenters. The van der Waals surface area contributed by atoms with E-state index >= 15 is 0 Å². The van der Waals surface area contributed by atoms with E-state index < -0.39 is 11.8 Å². The number of hydrogen-bond donors (Lipinski definition) is 1. The number of rotatable bonds is 3. The molecule has 3 aromatic rings. The second-order valence-corrected chi connectivity index (χ2v) is 5.81. The van der Waals surface area contributed by atoms with E-state index in [2.05, 4.69) is 11.9 Å². The Morgan fingerprint density at radius 3 is 2.76 bits per heavy atom. The molecule has 0 aliphatic heterocycles. The largest absolute Gasteiger partial charge is 0.478 e. The van der Waals surface area contributed by atoms with Gasteiger partial charge in [-0.2, -0.15) is 0 Å². The van der Waals surface area contributed by atoms with E-state index in [4.69, 9.17) is 0 Å². The Hall–Kier alpha value is -2.27. The first-order chi connectivity index (χ1) is 10.1. The van der Waals surface area contributed by atoms with Crippen molar-refractivity contribution in [3.05, 3.63) is 52.7 Å². The third-order valence-corrected chi connectivity index (χ3v) is 4.52. The molecule has 0 aliphatic carbocycles. The molecular weight excluding hydrogens is 289 g/mol. The summed E-state index contributed by atoms with van der Waals surface area (Å²) in [6.45, 7) is 2.06. The van der Waals surface area contributed by atoms with Crippen LogP contribution in [0.2, 0.25) is 0 Å². The van der Waals surface area contributed by atoms with Gasteiger partial charge in [0.05, 0.1) is 21.7 Å². The summed E-state index contributed by atoms with van der Waals surface area (Å²) in [5.74, 6) is -1.55. The Labute approximate surface area is 124 Å². The number of pyridine rings is 1. The zero-order chi connectivity index (χ0) is 15.0. The van der Waals surface area contributed by atoms with Crippen molar-refractivity contribution in [2.75, 3.05) is 0 Å². The van der Waals surface area contributed by atoms with Gasteiger partial charge in [-0.05, 0) is 42.8 Å². The number of benzene rings is 1. The summed E-state index contributed by atoms with van der Waals surface area (Å²) in [5.41, 5.74) is 1.16. The lowest BCUT2D eigenvalue weighted by molar-refractivity contribution is 0.0699. The van der Waals surface area contributed by atoms with Gasteiger partial charge in [-0.15, -0.1) is 11.3 Å². The maximum Gasteiger partial charge on any atom is 0.336 e. The van der Waals surface area contributed by atoms with Gasteiger partial charge >= 0.3 is 5.97 Å². The Balaban J connectivity index is 2.25. The molecule has 0 bridgehead atoms. The first kappa shape index (κ1) is 13.7. The zero-order valence-electron chi connectivity index (χ0n) is 11.3. The minimum atomic E-state index is -1.08. The van der Waals surface area contributed by atoms with E-state index in [1.165, 1.54) is 29.1 Å². The lowest BCUT2D eigenvalue weighted by atomic mass is 10.1. The fourth-order valence-electron chi connectivity index (χ4n) is 2.21. The molecule has 3 rings (SSSR count). The minimum Gasteiger partial charge on any atom is -0.478 e.